The molecular weight excluding hydrogens is 309 g/mol. The SMILES string of the molecule is COc1ccc(OCCN(C)c2ncnc3c(F)cccc23)cc1. The molecule has 5 nitrogen and oxygen atoms in total. The van der Waals surface area contributed by atoms with Gasteiger partial charge in [0.2, 0.25) is 0 Å². The summed E-state index contributed by atoms with van der Waals surface area (Å²) in [6, 6.07) is 12.3. The van der Waals surface area contributed by atoms with Gasteiger partial charge in [0, 0.05) is 12.4 Å². The van der Waals surface area contributed by atoms with Crippen molar-refractivity contribution in [2.45, 2.75) is 0 Å². The maximum atomic E-state index is 13.8. The highest BCUT2D eigenvalue weighted by Gasteiger charge is 2.11. The zero-order valence-corrected chi connectivity index (χ0v) is 13.6. The van der Waals surface area contributed by atoms with Crippen LogP contribution in [-0.2, 0) is 0 Å². The van der Waals surface area contributed by atoms with Crippen molar-refractivity contribution in [2.24, 2.45) is 0 Å². The van der Waals surface area contributed by atoms with Crippen LogP contribution in [0.5, 0.6) is 11.5 Å². The second kappa shape index (κ2) is 7.12. The lowest BCUT2D eigenvalue weighted by Gasteiger charge is -2.19. The molecular formula is C18H18FN3O2. The van der Waals surface area contributed by atoms with Gasteiger partial charge in [-0.3, -0.25) is 0 Å². The zero-order valence-electron chi connectivity index (χ0n) is 13.6. The molecule has 1 aromatic heterocycles. The van der Waals surface area contributed by atoms with Gasteiger partial charge in [-0.2, -0.15) is 0 Å². The number of methoxy groups -OCH3 is 1. The minimum Gasteiger partial charge on any atom is -0.497 e. The van der Waals surface area contributed by atoms with E-state index in [0.717, 1.165) is 11.5 Å². The molecule has 0 spiro atoms. The van der Waals surface area contributed by atoms with Gasteiger partial charge >= 0.3 is 0 Å². The largest absolute Gasteiger partial charge is 0.497 e. The lowest BCUT2D eigenvalue weighted by Crippen LogP contribution is -2.25. The normalized spacial score (nSPS) is 10.6. The molecule has 3 aromatic rings. The van der Waals surface area contributed by atoms with E-state index < -0.39 is 0 Å². The smallest absolute Gasteiger partial charge is 0.149 e. The van der Waals surface area contributed by atoms with E-state index in [0.29, 0.717) is 29.9 Å². The summed E-state index contributed by atoms with van der Waals surface area (Å²) in [6.07, 6.45) is 1.38. The molecule has 0 unspecified atom stereocenters. The standard InChI is InChI=1S/C18H18FN3O2/c1-22(10-11-24-14-8-6-13(23-2)7-9-14)18-15-4-3-5-16(19)17(15)20-12-21-18/h3-9,12H,10-11H2,1-2H3. The van der Waals surface area contributed by atoms with Gasteiger partial charge in [0.25, 0.3) is 0 Å². The Labute approximate surface area is 139 Å². The number of halogens is 1. The van der Waals surface area contributed by atoms with Crippen LogP contribution in [0.15, 0.2) is 48.8 Å². The maximum Gasteiger partial charge on any atom is 0.149 e. The summed E-state index contributed by atoms with van der Waals surface area (Å²) in [6.45, 7) is 1.08. The van der Waals surface area contributed by atoms with Gasteiger partial charge in [0.1, 0.15) is 41.6 Å². The number of rotatable bonds is 6. The van der Waals surface area contributed by atoms with E-state index in [-0.39, 0.29) is 5.82 Å². The maximum absolute atomic E-state index is 13.8. The van der Waals surface area contributed by atoms with E-state index in [1.54, 1.807) is 13.2 Å². The summed E-state index contributed by atoms with van der Waals surface area (Å²) in [7, 11) is 3.52. The monoisotopic (exact) mass is 327 g/mol. The summed E-state index contributed by atoms with van der Waals surface area (Å²) in [4.78, 5) is 10.2. The molecule has 0 atom stereocenters. The Morgan fingerprint density at radius 3 is 2.54 bits per heavy atom. The molecule has 0 bridgehead atoms. The van der Waals surface area contributed by atoms with Gasteiger partial charge in [0.05, 0.1) is 13.7 Å². The fraction of sp³-hybridized carbons (Fsp3) is 0.222. The van der Waals surface area contributed by atoms with Crippen LogP contribution < -0.4 is 14.4 Å². The molecule has 0 aliphatic heterocycles. The molecule has 0 amide bonds. The molecule has 0 aliphatic rings. The first kappa shape index (κ1) is 16.0. The highest BCUT2D eigenvalue weighted by atomic mass is 19.1. The van der Waals surface area contributed by atoms with Gasteiger partial charge in [-0.1, -0.05) is 6.07 Å². The van der Waals surface area contributed by atoms with E-state index in [2.05, 4.69) is 9.97 Å². The first-order chi connectivity index (χ1) is 11.7. The Morgan fingerprint density at radius 2 is 1.79 bits per heavy atom. The molecule has 0 N–H and O–H groups in total. The van der Waals surface area contributed by atoms with Crippen LogP contribution in [0.3, 0.4) is 0 Å². The Kier molecular flexibility index (Phi) is 4.74. The summed E-state index contributed by atoms with van der Waals surface area (Å²) in [5.41, 5.74) is 0.324. The second-order valence-electron chi connectivity index (χ2n) is 5.28. The lowest BCUT2D eigenvalue weighted by molar-refractivity contribution is 0.325. The quantitative estimate of drug-likeness (QED) is 0.695. The summed E-state index contributed by atoms with van der Waals surface area (Å²) in [5.74, 6) is 1.88. The highest BCUT2D eigenvalue weighted by Crippen LogP contribution is 2.23. The Bertz CT molecular complexity index is 824. The first-order valence-electron chi connectivity index (χ1n) is 7.56. The molecule has 2 aromatic carbocycles. The third-order valence-corrected chi connectivity index (χ3v) is 3.71. The van der Waals surface area contributed by atoms with Crippen LogP contribution in [0, 0.1) is 5.82 Å². The molecule has 1 heterocycles. The second-order valence-corrected chi connectivity index (χ2v) is 5.28. The average molecular weight is 327 g/mol. The molecule has 0 fully saturated rings. The van der Waals surface area contributed by atoms with Crippen molar-refractivity contribution in [1.82, 2.24) is 9.97 Å². The highest BCUT2D eigenvalue weighted by molar-refractivity contribution is 5.89. The molecule has 0 aliphatic carbocycles. The third-order valence-electron chi connectivity index (χ3n) is 3.71. The van der Waals surface area contributed by atoms with Crippen molar-refractivity contribution in [3.8, 4) is 11.5 Å². The van der Waals surface area contributed by atoms with Crippen molar-refractivity contribution in [2.75, 3.05) is 32.2 Å². The van der Waals surface area contributed by atoms with E-state index in [4.69, 9.17) is 9.47 Å². The number of hydrogen-bond acceptors (Lipinski definition) is 5. The summed E-state index contributed by atoms with van der Waals surface area (Å²) in [5, 5.41) is 0.685. The van der Waals surface area contributed by atoms with Crippen LogP contribution in [-0.4, -0.2) is 37.3 Å². The van der Waals surface area contributed by atoms with Gasteiger partial charge in [-0.15, -0.1) is 0 Å². The average Bonchev–Trinajstić information content (AvgIpc) is 2.62. The number of aromatic nitrogens is 2. The van der Waals surface area contributed by atoms with E-state index in [1.165, 1.54) is 12.4 Å². The van der Waals surface area contributed by atoms with Gasteiger partial charge in [-0.05, 0) is 36.4 Å². The number of nitrogens with zero attached hydrogens (tertiary/aromatic N) is 3. The van der Waals surface area contributed by atoms with Crippen molar-refractivity contribution in [3.05, 3.63) is 54.6 Å². The van der Waals surface area contributed by atoms with Crippen molar-refractivity contribution in [3.63, 3.8) is 0 Å². The number of likely N-dealkylation sites (N-methyl/N-ethyl adjacent to an activating group) is 1. The van der Waals surface area contributed by atoms with Crippen molar-refractivity contribution in [1.29, 1.82) is 0 Å². The third kappa shape index (κ3) is 3.37. The van der Waals surface area contributed by atoms with Crippen molar-refractivity contribution >= 4 is 16.7 Å². The Hall–Kier alpha value is -2.89. The van der Waals surface area contributed by atoms with Gasteiger partial charge in [-0.25, -0.2) is 14.4 Å². The van der Waals surface area contributed by atoms with E-state index in [1.807, 2.05) is 42.3 Å². The molecule has 0 radical (unpaired) electrons. The molecule has 6 heteroatoms. The van der Waals surface area contributed by atoms with E-state index >= 15 is 0 Å². The molecule has 124 valence electrons. The van der Waals surface area contributed by atoms with Crippen molar-refractivity contribution < 1.29 is 13.9 Å². The predicted molar refractivity (Wildman–Crippen MR) is 91.3 cm³/mol. The zero-order chi connectivity index (χ0) is 16.9. The van der Waals surface area contributed by atoms with Gasteiger partial charge < -0.3 is 14.4 Å². The Morgan fingerprint density at radius 1 is 1.04 bits per heavy atom. The minimum atomic E-state index is -0.348. The van der Waals surface area contributed by atoms with E-state index in [9.17, 15) is 4.39 Å². The first-order valence-corrected chi connectivity index (χ1v) is 7.56. The number of anilines is 1. The van der Waals surface area contributed by atoms with Crippen LogP contribution in [0.1, 0.15) is 0 Å². The minimum absolute atomic E-state index is 0.324. The molecule has 24 heavy (non-hydrogen) atoms. The van der Waals surface area contributed by atoms with Crippen LogP contribution in [0.2, 0.25) is 0 Å². The summed E-state index contributed by atoms with van der Waals surface area (Å²) < 4.78 is 24.7. The number of ether oxygens (including phenoxy) is 2. The lowest BCUT2D eigenvalue weighted by atomic mass is 10.2. The number of hydrogen-bond donors (Lipinski definition) is 0. The fourth-order valence-electron chi connectivity index (χ4n) is 2.42. The number of benzene rings is 2. The Balaban J connectivity index is 1.67. The number of fused-ring (bicyclic) bond motifs is 1. The molecule has 3 rings (SSSR count). The summed E-state index contributed by atoms with van der Waals surface area (Å²) >= 11 is 0. The molecule has 0 saturated carbocycles. The van der Waals surface area contributed by atoms with Crippen LogP contribution in [0.25, 0.3) is 10.9 Å². The fourth-order valence-corrected chi connectivity index (χ4v) is 2.42. The van der Waals surface area contributed by atoms with Crippen LogP contribution in [0.4, 0.5) is 10.2 Å². The van der Waals surface area contributed by atoms with Gasteiger partial charge in [0.15, 0.2) is 0 Å². The molecule has 0 saturated heterocycles. The topological polar surface area (TPSA) is 47.5 Å². The van der Waals surface area contributed by atoms with Crippen LogP contribution >= 0.6 is 0 Å². The number of para-hydroxylation sites is 1. The predicted octanol–water partition coefficient (Wildman–Crippen LogP) is 3.29.